The first-order valence-corrected chi connectivity index (χ1v) is 10.0. The van der Waals surface area contributed by atoms with Gasteiger partial charge in [0.2, 0.25) is 0 Å². The van der Waals surface area contributed by atoms with Crippen molar-refractivity contribution in [3.8, 4) is 0 Å². The molecular formula is C15H26N2O2S2. The summed E-state index contributed by atoms with van der Waals surface area (Å²) >= 11 is 1.34. The van der Waals surface area contributed by atoms with E-state index in [0.717, 1.165) is 37.9 Å². The van der Waals surface area contributed by atoms with Crippen molar-refractivity contribution in [3.05, 3.63) is 17.0 Å². The Morgan fingerprint density at radius 1 is 1.33 bits per heavy atom. The van der Waals surface area contributed by atoms with Crippen LogP contribution in [0.15, 0.2) is 15.7 Å². The average molecular weight is 331 g/mol. The molecule has 0 aliphatic carbocycles. The molecule has 0 saturated carbocycles. The predicted octanol–water partition coefficient (Wildman–Crippen LogP) is 3.06. The molecule has 1 aliphatic heterocycles. The van der Waals surface area contributed by atoms with E-state index in [2.05, 4.69) is 19.2 Å². The van der Waals surface area contributed by atoms with E-state index >= 15 is 0 Å². The standard InChI is InChI=1S/C15H26N2O2S2/c1-4-15(3)6-8-17(9-7-15)21(18,19)14-10-13(12-20-14)11-16-5-2/h10,12,16H,4-9,11H2,1-3H3. The van der Waals surface area contributed by atoms with Crippen LogP contribution in [0.1, 0.15) is 45.6 Å². The highest BCUT2D eigenvalue weighted by atomic mass is 32.2. The minimum Gasteiger partial charge on any atom is -0.313 e. The lowest BCUT2D eigenvalue weighted by atomic mass is 9.79. The van der Waals surface area contributed by atoms with Crippen LogP contribution in [0.2, 0.25) is 0 Å². The fourth-order valence-electron chi connectivity index (χ4n) is 2.60. The third-order valence-corrected chi connectivity index (χ3v) is 7.95. The molecule has 120 valence electrons. The van der Waals surface area contributed by atoms with Crippen LogP contribution in [0.3, 0.4) is 0 Å². The molecular weight excluding hydrogens is 304 g/mol. The minimum absolute atomic E-state index is 0.303. The summed E-state index contributed by atoms with van der Waals surface area (Å²) in [6.45, 7) is 9.41. The fraction of sp³-hybridized carbons (Fsp3) is 0.733. The van der Waals surface area contributed by atoms with Gasteiger partial charge in [0.15, 0.2) is 0 Å². The Kier molecular flexibility index (Phi) is 5.46. The van der Waals surface area contributed by atoms with Crippen molar-refractivity contribution in [2.45, 2.75) is 50.8 Å². The second-order valence-electron chi connectivity index (χ2n) is 6.12. The maximum Gasteiger partial charge on any atom is 0.252 e. The van der Waals surface area contributed by atoms with Crippen LogP contribution in [0.4, 0.5) is 0 Å². The van der Waals surface area contributed by atoms with E-state index in [-0.39, 0.29) is 0 Å². The Balaban J connectivity index is 2.07. The van der Waals surface area contributed by atoms with Crippen molar-refractivity contribution in [2.75, 3.05) is 19.6 Å². The third kappa shape index (κ3) is 3.86. The van der Waals surface area contributed by atoms with Gasteiger partial charge in [-0.05, 0) is 41.8 Å². The maximum absolute atomic E-state index is 12.7. The molecule has 1 aromatic heterocycles. The fourth-order valence-corrected chi connectivity index (χ4v) is 5.40. The lowest BCUT2D eigenvalue weighted by Crippen LogP contribution is -2.41. The molecule has 0 aromatic carbocycles. The van der Waals surface area contributed by atoms with E-state index < -0.39 is 10.0 Å². The monoisotopic (exact) mass is 330 g/mol. The van der Waals surface area contributed by atoms with Crippen molar-refractivity contribution in [3.63, 3.8) is 0 Å². The third-order valence-electron chi connectivity index (χ3n) is 4.59. The minimum atomic E-state index is -3.30. The van der Waals surface area contributed by atoms with Gasteiger partial charge in [-0.1, -0.05) is 27.2 Å². The van der Waals surface area contributed by atoms with Crippen LogP contribution >= 0.6 is 11.3 Å². The molecule has 1 saturated heterocycles. The normalized spacial score (nSPS) is 19.8. The van der Waals surface area contributed by atoms with E-state index in [1.165, 1.54) is 11.3 Å². The molecule has 1 N–H and O–H groups in total. The topological polar surface area (TPSA) is 49.4 Å². The maximum atomic E-state index is 12.7. The quantitative estimate of drug-likeness (QED) is 0.872. The summed E-state index contributed by atoms with van der Waals surface area (Å²) < 4.78 is 27.5. The van der Waals surface area contributed by atoms with Crippen molar-refractivity contribution in [1.29, 1.82) is 0 Å². The molecule has 2 rings (SSSR count). The summed E-state index contributed by atoms with van der Waals surface area (Å²) in [5, 5.41) is 5.17. The summed E-state index contributed by atoms with van der Waals surface area (Å²) in [6.07, 6.45) is 3.03. The van der Waals surface area contributed by atoms with E-state index in [1.807, 2.05) is 18.4 Å². The second kappa shape index (κ2) is 6.77. The summed E-state index contributed by atoms with van der Waals surface area (Å²) in [7, 11) is -3.30. The number of hydrogen-bond acceptors (Lipinski definition) is 4. The van der Waals surface area contributed by atoms with Gasteiger partial charge in [-0.3, -0.25) is 0 Å². The Hall–Kier alpha value is -0.430. The summed E-state index contributed by atoms with van der Waals surface area (Å²) in [5.74, 6) is 0. The van der Waals surface area contributed by atoms with Gasteiger partial charge in [0, 0.05) is 19.6 Å². The molecule has 2 heterocycles. The van der Waals surface area contributed by atoms with E-state index in [4.69, 9.17) is 0 Å². The molecule has 4 nitrogen and oxygen atoms in total. The van der Waals surface area contributed by atoms with E-state index in [9.17, 15) is 8.42 Å². The van der Waals surface area contributed by atoms with Crippen molar-refractivity contribution in [1.82, 2.24) is 9.62 Å². The first kappa shape index (κ1) is 16.9. The molecule has 1 aliphatic rings. The molecule has 6 heteroatoms. The average Bonchev–Trinajstić information content (AvgIpc) is 2.95. The highest BCUT2D eigenvalue weighted by Gasteiger charge is 2.34. The lowest BCUT2D eigenvalue weighted by molar-refractivity contribution is 0.169. The predicted molar refractivity (Wildman–Crippen MR) is 88.1 cm³/mol. The smallest absolute Gasteiger partial charge is 0.252 e. The van der Waals surface area contributed by atoms with Crippen LogP contribution in [0.5, 0.6) is 0 Å². The second-order valence-corrected chi connectivity index (χ2v) is 9.20. The molecule has 21 heavy (non-hydrogen) atoms. The Morgan fingerprint density at radius 3 is 2.57 bits per heavy atom. The Labute approximate surface area is 132 Å². The van der Waals surface area contributed by atoms with Crippen LogP contribution < -0.4 is 5.32 Å². The first-order chi connectivity index (χ1) is 9.91. The molecule has 0 amide bonds. The van der Waals surface area contributed by atoms with Gasteiger partial charge in [0.25, 0.3) is 10.0 Å². The zero-order valence-corrected chi connectivity index (χ0v) is 14.8. The lowest BCUT2D eigenvalue weighted by Gasteiger charge is -2.37. The Morgan fingerprint density at radius 2 is 2.00 bits per heavy atom. The van der Waals surface area contributed by atoms with Gasteiger partial charge in [0.1, 0.15) is 4.21 Å². The number of rotatable bonds is 6. The Bertz CT molecular complexity index is 558. The van der Waals surface area contributed by atoms with Gasteiger partial charge in [-0.2, -0.15) is 4.31 Å². The van der Waals surface area contributed by atoms with Gasteiger partial charge in [-0.25, -0.2) is 8.42 Å². The van der Waals surface area contributed by atoms with Crippen molar-refractivity contribution in [2.24, 2.45) is 5.41 Å². The largest absolute Gasteiger partial charge is 0.313 e. The van der Waals surface area contributed by atoms with Gasteiger partial charge in [-0.15, -0.1) is 11.3 Å². The first-order valence-electron chi connectivity index (χ1n) is 7.69. The summed E-state index contributed by atoms with van der Waals surface area (Å²) in [4.78, 5) is 0. The molecule has 0 spiro atoms. The highest BCUT2D eigenvalue weighted by Crippen LogP contribution is 2.36. The molecule has 1 aromatic rings. The van der Waals surface area contributed by atoms with Gasteiger partial charge < -0.3 is 5.32 Å². The van der Waals surface area contributed by atoms with Crippen LogP contribution in [-0.4, -0.2) is 32.4 Å². The molecule has 0 radical (unpaired) electrons. The van der Waals surface area contributed by atoms with Crippen molar-refractivity contribution < 1.29 is 8.42 Å². The van der Waals surface area contributed by atoms with Crippen molar-refractivity contribution >= 4 is 21.4 Å². The number of sulfonamides is 1. The SMILES string of the molecule is CCNCc1csc(S(=O)(=O)N2CCC(C)(CC)CC2)c1. The van der Waals surface area contributed by atoms with Crippen LogP contribution in [-0.2, 0) is 16.6 Å². The van der Waals surface area contributed by atoms with Crippen LogP contribution in [0.25, 0.3) is 0 Å². The summed E-state index contributed by atoms with van der Waals surface area (Å²) in [5.41, 5.74) is 1.35. The molecule has 0 bridgehead atoms. The van der Waals surface area contributed by atoms with Gasteiger partial charge >= 0.3 is 0 Å². The number of hydrogen-bond donors (Lipinski definition) is 1. The number of nitrogens with one attached hydrogen (secondary N) is 1. The van der Waals surface area contributed by atoms with E-state index in [1.54, 1.807) is 4.31 Å². The molecule has 0 unspecified atom stereocenters. The number of nitrogens with zero attached hydrogens (tertiary/aromatic N) is 1. The highest BCUT2D eigenvalue weighted by molar-refractivity contribution is 7.91. The van der Waals surface area contributed by atoms with Gasteiger partial charge in [0.05, 0.1) is 0 Å². The zero-order chi connectivity index (χ0) is 15.5. The van der Waals surface area contributed by atoms with Crippen LogP contribution in [0, 0.1) is 5.41 Å². The number of piperidine rings is 1. The number of thiophene rings is 1. The zero-order valence-electron chi connectivity index (χ0n) is 13.2. The summed E-state index contributed by atoms with van der Waals surface area (Å²) in [6, 6.07) is 1.82. The molecule has 1 fully saturated rings. The van der Waals surface area contributed by atoms with E-state index in [0.29, 0.717) is 22.7 Å². The molecule has 0 atom stereocenters.